The summed E-state index contributed by atoms with van der Waals surface area (Å²) >= 11 is 0. The fourth-order valence-corrected chi connectivity index (χ4v) is 3.87. The van der Waals surface area contributed by atoms with Gasteiger partial charge in [-0.15, -0.1) is 0 Å². The number of carbonyl (C=O) groups is 1. The molecule has 1 amide bonds. The largest absolute Gasteiger partial charge is 0.501 e. The predicted octanol–water partition coefficient (Wildman–Crippen LogP) is 1.65. The lowest BCUT2D eigenvalue weighted by molar-refractivity contribution is -0.0566. The Balaban J connectivity index is 1.91. The highest BCUT2D eigenvalue weighted by molar-refractivity contribution is 7.85. The van der Waals surface area contributed by atoms with Gasteiger partial charge in [-0.25, -0.2) is 9.37 Å². The molecule has 1 atom stereocenters. The molecule has 0 bridgehead atoms. The molecular weight excluding hydrogens is 387 g/mol. The Labute approximate surface area is 163 Å². The number of amides is 1. The van der Waals surface area contributed by atoms with Crippen LogP contribution in [0.15, 0.2) is 27.9 Å². The summed E-state index contributed by atoms with van der Waals surface area (Å²) in [5.74, 6) is -1.67. The zero-order valence-electron chi connectivity index (χ0n) is 15.7. The van der Waals surface area contributed by atoms with Gasteiger partial charge in [0, 0.05) is 11.4 Å². The highest BCUT2D eigenvalue weighted by Crippen LogP contribution is 2.27. The fourth-order valence-electron chi connectivity index (χ4n) is 3.05. The molecule has 28 heavy (non-hydrogen) atoms. The lowest BCUT2D eigenvalue weighted by Crippen LogP contribution is -2.42. The molecule has 3 N–H and O–H groups in total. The van der Waals surface area contributed by atoms with E-state index in [-0.39, 0.29) is 24.6 Å². The number of fused-ring (bicyclic) bond motifs is 1. The van der Waals surface area contributed by atoms with Crippen molar-refractivity contribution < 1.29 is 19.0 Å². The molecule has 0 saturated heterocycles. The summed E-state index contributed by atoms with van der Waals surface area (Å²) in [5, 5.41) is 12.8. The van der Waals surface area contributed by atoms with Crippen LogP contribution < -0.4 is 10.9 Å². The number of nitrogens with one attached hydrogen (secondary N) is 2. The summed E-state index contributed by atoms with van der Waals surface area (Å²) in [4.78, 5) is 29.7. The van der Waals surface area contributed by atoms with E-state index in [1.165, 1.54) is 22.8 Å². The molecule has 8 nitrogen and oxygen atoms in total. The highest BCUT2D eigenvalue weighted by atomic mass is 32.2. The van der Waals surface area contributed by atoms with Crippen LogP contribution in [0.1, 0.15) is 35.7 Å². The fraction of sp³-hybridized carbons (Fsp3) is 0.389. The second kappa shape index (κ2) is 7.44. The number of benzene rings is 1. The number of ether oxygens (including phenoxy) is 1. The van der Waals surface area contributed by atoms with Crippen LogP contribution in [-0.4, -0.2) is 33.4 Å². The number of aromatic hydroxyl groups is 1. The van der Waals surface area contributed by atoms with Crippen LogP contribution >= 0.6 is 0 Å². The zero-order valence-corrected chi connectivity index (χ0v) is 16.5. The molecule has 2 heterocycles. The van der Waals surface area contributed by atoms with Crippen LogP contribution in [0.4, 0.5) is 4.39 Å². The van der Waals surface area contributed by atoms with Crippen LogP contribution in [0, 0.1) is 10.6 Å². The quantitative estimate of drug-likeness (QED) is 0.711. The summed E-state index contributed by atoms with van der Waals surface area (Å²) in [6, 6.07) is 4.01. The van der Waals surface area contributed by atoms with Crippen LogP contribution in [0.5, 0.6) is 5.75 Å². The van der Waals surface area contributed by atoms with Crippen molar-refractivity contribution in [2.45, 2.75) is 37.4 Å². The van der Waals surface area contributed by atoms with Crippen LogP contribution in [0.3, 0.4) is 0 Å². The first-order valence-electron chi connectivity index (χ1n) is 8.54. The Hall–Kier alpha value is -2.59. The van der Waals surface area contributed by atoms with Crippen LogP contribution in [-0.2, 0) is 34.1 Å². The lowest BCUT2D eigenvalue weighted by Gasteiger charge is -2.32. The minimum absolute atomic E-state index is 0.00407. The summed E-state index contributed by atoms with van der Waals surface area (Å²) in [7, 11) is -0.956. The molecule has 0 aliphatic carbocycles. The van der Waals surface area contributed by atoms with Gasteiger partial charge >= 0.3 is 0 Å². The first-order chi connectivity index (χ1) is 13.1. The molecule has 0 radical (unpaired) electrons. The molecule has 0 saturated carbocycles. The molecule has 1 aromatic heterocycles. The molecule has 1 aliphatic heterocycles. The van der Waals surface area contributed by atoms with E-state index in [0.717, 1.165) is 0 Å². The van der Waals surface area contributed by atoms with Crippen molar-refractivity contribution in [3.8, 4) is 5.75 Å². The van der Waals surface area contributed by atoms with Crippen molar-refractivity contribution in [2.75, 3.05) is 12.9 Å². The third-order valence-electron chi connectivity index (χ3n) is 4.48. The van der Waals surface area contributed by atoms with E-state index in [4.69, 9.17) is 9.52 Å². The van der Waals surface area contributed by atoms with Gasteiger partial charge in [-0.3, -0.25) is 18.9 Å². The Morgan fingerprint density at radius 1 is 1.50 bits per heavy atom. The van der Waals surface area contributed by atoms with Gasteiger partial charge < -0.3 is 15.2 Å². The first kappa shape index (κ1) is 20.2. The second-order valence-electron chi connectivity index (χ2n) is 6.89. The van der Waals surface area contributed by atoms with E-state index in [0.29, 0.717) is 17.1 Å². The average molecular weight is 408 g/mol. The van der Waals surface area contributed by atoms with E-state index >= 15 is 0 Å². The van der Waals surface area contributed by atoms with Gasteiger partial charge in [-0.05, 0) is 37.8 Å². The molecule has 2 aromatic rings. The monoisotopic (exact) mass is 408 g/mol. The molecule has 10 heteroatoms. The van der Waals surface area contributed by atoms with E-state index in [2.05, 4.69) is 10.3 Å². The second-order valence-corrected chi connectivity index (χ2v) is 8.35. The van der Waals surface area contributed by atoms with Gasteiger partial charge in [0.05, 0.1) is 13.2 Å². The summed E-state index contributed by atoms with van der Waals surface area (Å²) in [6.45, 7) is 3.99. The van der Waals surface area contributed by atoms with Gasteiger partial charge in [-0.1, -0.05) is 16.8 Å². The molecule has 1 unspecified atom stereocenters. The third-order valence-corrected chi connectivity index (χ3v) is 5.52. The first-order valence-corrected chi connectivity index (χ1v) is 10.2. The number of nitrogens with zero attached hydrogens (tertiary/aromatic N) is 2. The average Bonchev–Trinajstić information content (AvgIpc) is 2.63. The predicted molar refractivity (Wildman–Crippen MR) is 101 cm³/mol. The normalized spacial score (nSPS) is 16.3. The smallest absolute Gasteiger partial charge is 0.296 e. The number of aromatic nitrogens is 2. The third kappa shape index (κ3) is 3.69. The van der Waals surface area contributed by atoms with E-state index in [1.807, 2.05) is 0 Å². The number of hydrogen-bond acceptors (Lipinski definition) is 6. The van der Waals surface area contributed by atoms with Crippen molar-refractivity contribution in [3.63, 3.8) is 0 Å². The molecule has 0 spiro atoms. The number of halogens is 1. The molecule has 1 aliphatic rings. The molecule has 150 valence electrons. The van der Waals surface area contributed by atoms with Gasteiger partial charge in [0.1, 0.15) is 17.2 Å². The Bertz CT molecular complexity index is 1030. The topological polar surface area (TPSA) is 117 Å². The van der Waals surface area contributed by atoms with E-state index in [1.54, 1.807) is 20.1 Å². The molecule has 0 fully saturated rings. The zero-order chi connectivity index (χ0) is 20.6. The molecular formula is C18H21FN4O4S. The maximum atomic E-state index is 13.4. The molecule has 3 rings (SSSR count). The van der Waals surface area contributed by atoms with E-state index in [9.17, 15) is 19.1 Å². The Morgan fingerprint density at radius 3 is 2.89 bits per heavy atom. The maximum Gasteiger partial charge on any atom is 0.296 e. The maximum absolute atomic E-state index is 13.4. The minimum Gasteiger partial charge on any atom is -0.501 e. The summed E-state index contributed by atoms with van der Waals surface area (Å²) in [6.07, 6.45) is 1.62. The van der Waals surface area contributed by atoms with Gasteiger partial charge in [0.15, 0.2) is 5.69 Å². The van der Waals surface area contributed by atoms with Crippen molar-refractivity contribution >= 4 is 16.6 Å². The van der Waals surface area contributed by atoms with Crippen molar-refractivity contribution in [1.29, 1.82) is 4.78 Å². The van der Waals surface area contributed by atoms with Gasteiger partial charge in [0.25, 0.3) is 11.5 Å². The van der Waals surface area contributed by atoms with Gasteiger partial charge in [-0.2, -0.15) is 0 Å². The van der Waals surface area contributed by atoms with Crippen LogP contribution in [0.2, 0.25) is 0 Å². The summed E-state index contributed by atoms with van der Waals surface area (Å²) < 4.78 is 28.2. The van der Waals surface area contributed by atoms with Gasteiger partial charge in [0.2, 0.25) is 5.75 Å². The van der Waals surface area contributed by atoms with Crippen LogP contribution in [0.25, 0.3) is 0 Å². The number of rotatable bonds is 4. The van der Waals surface area contributed by atoms with Crippen molar-refractivity contribution in [2.24, 2.45) is 0 Å². The standard InChI is InChI=1S/C18H21FN4O4S/c1-18(2)17-22-13(14(24)16(26)23(17)6-7-27-18)15(25)21-9-10-4-5-11(19)8-12(10)28(3)20/h4-5,8,20,24H,6-7,9H2,1-3H3,(H,21,25). The Kier molecular flexibility index (Phi) is 5.35. The van der Waals surface area contributed by atoms with Crippen molar-refractivity contribution in [3.05, 3.63) is 51.5 Å². The number of carbonyl (C=O) groups excluding carboxylic acids is 1. The Morgan fingerprint density at radius 2 is 2.21 bits per heavy atom. The number of hydrogen-bond donors (Lipinski definition) is 3. The van der Waals surface area contributed by atoms with E-state index < -0.39 is 39.3 Å². The summed E-state index contributed by atoms with van der Waals surface area (Å²) in [5.41, 5.74) is -1.39. The SMILES string of the molecule is CS(=N)c1cc(F)ccc1CNC(=O)c1nc2n(c(=O)c1O)CCOC2(C)C. The molecule has 1 aromatic carbocycles. The highest BCUT2D eigenvalue weighted by Gasteiger charge is 2.34. The lowest BCUT2D eigenvalue weighted by atomic mass is 10.1. The van der Waals surface area contributed by atoms with Crippen molar-refractivity contribution in [1.82, 2.24) is 14.9 Å². The minimum atomic E-state index is -0.956.